The fourth-order valence-electron chi connectivity index (χ4n) is 1.58. The van der Waals surface area contributed by atoms with E-state index in [9.17, 15) is 9.18 Å². The Bertz CT molecular complexity index is 567. The summed E-state index contributed by atoms with van der Waals surface area (Å²) < 4.78 is 13.8. The van der Waals surface area contributed by atoms with Crippen molar-refractivity contribution in [1.29, 1.82) is 0 Å². The topological polar surface area (TPSA) is 17.1 Å². The maximum Gasteiger partial charge on any atom is 0.153 e. The molecule has 0 N–H and O–H groups in total. The number of rotatable bonds is 2. The van der Waals surface area contributed by atoms with E-state index in [4.69, 9.17) is 23.2 Å². The Morgan fingerprint density at radius 1 is 1.12 bits per heavy atom. The third kappa shape index (κ3) is 2.19. The fraction of sp³-hybridized carbons (Fsp3) is 0. The Kier molecular flexibility index (Phi) is 3.46. The Morgan fingerprint density at radius 2 is 1.76 bits per heavy atom. The SMILES string of the molecule is O=Cc1c(Cl)cc(F)c(-c2ccccc2)c1Cl. The number of hydrogen-bond acceptors (Lipinski definition) is 1. The van der Waals surface area contributed by atoms with E-state index in [1.807, 2.05) is 6.07 Å². The summed E-state index contributed by atoms with van der Waals surface area (Å²) in [6, 6.07) is 9.87. The zero-order chi connectivity index (χ0) is 12.4. The molecule has 0 radical (unpaired) electrons. The van der Waals surface area contributed by atoms with Gasteiger partial charge in [-0.1, -0.05) is 53.5 Å². The minimum atomic E-state index is -0.545. The summed E-state index contributed by atoms with van der Waals surface area (Å²) in [6.07, 6.45) is 0.524. The summed E-state index contributed by atoms with van der Waals surface area (Å²) in [6.45, 7) is 0. The zero-order valence-electron chi connectivity index (χ0n) is 8.58. The van der Waals surface area contributed by atoms with Gasteiger partial charge >= 0.3 is 0 Å². The molecule has 0 aliphatic heterocycles. The number of aldehydes is 1. The van der Waals surface area contributed by atoms with Crippen molar-refractivity contribution in [2.24, 2.45) is 0 Å². The molecule has 17 heavy (non-hydrogen) atoms. The molecule has 2 rings (SSSR count). The molecule has 0 fully saturated rings. The second-order valence-electron chi connectivity index (χ2n) is 3.43. The lowest BCUT2D eigenvalue weighted by atomic mass is 10.0. The van der Waals surface area contributed by atoms with Crippen LogP contribution in [0, 0.1) is 5.82 Å². The van der Waals surface area contributed by atoms with Gasteiger partial charge in [-0.3, -0.25) is 4.79 Å². The van der Waals surface area contributed by atoms with Gasteiger partial charge in [-0.25, -0.2) is 4.39 Å². The van der Waals surface area contributed by atoms with Crippen LogP contribution in [0.3, 0.4) is 0 Å². The first-order valence-electron chi connectivity index (χ1n) is 4.83. The summed E-state index contributed by atoms with van der Waals surface area (Å²) in [5.41, 5.74) is 0.905. The normalized spacial score (nSPS) is 10.3. The number of benzene rings is 2. The lowest BCUT2D eigenvalue weighted by Gasteiger charge is -2.09. The van der Waals surface area contributed by atoms with E-state index in [0.717, 1.165) is 6.07 Å². The van der Waals surface area contributed by atoms with E-state index in [0.29, 0.717) is 11.8 Å². The number of halogens is 3. The molecule has 0 heterocycles. The van der Waals surface area contributed by atoms with Crippen molar-refractivity contribution in [3.8, 4) is 11.1 Å². The Balaban J connectivity index is 2.74. The predicted octanol–water partition coefficient (Wildman–Crippen LogP) is 4.61. The second-order valence-corrected chi connectivity index (χ2v) is 4.21. The van der Waals surface area contributed by atoms with Crippen LogP contribution in [-0.4, -0.2) is 6.29 Å². The second kappa shape index (κ2) is 4.86. The van der Waals surface area contributed by atoms with Crippen molar-refractivity contribution in [3.05, 3.63) is 57.8 Å². The molecule has 2 aromatic rings. The molecule has 0 aromatic heterocycles. The van der Waals surface area contributed by atoms with Crippen molar-refractivity contribution in [2.45, 2.75) is 0 Å². The van der Waals surface area contributed by atoms with Gasteiger partial charge in [0, 0.05) is 5.56 Å². The summed E-state index contributed by atoms with van der Waals surface area (Å²) >= 11 is 11.7. The molecule has 0 aliphatic carbocycles. The van der Waals surface area contributed by atoms with Crippen LogP contribution in [0.15, 0.2) is 36.4 Å². The number of hydrogen-bond donors (Lipinski definition) is 0. The Hall–Kier alpha value is -1.38. The summed E-state index contributed by atoms with van der Waals surface area (Å²) in [5, 5.41) is 0.0541. The maximum absolute atomic E-state index is 13.8. The smallest absolute Gasteiger partial charge is 0.153 e. The number of carbonyl (C=O) groups is 1. The van der Waals surface area contributed by atoms with Gasteiger partial charge in [-0.2, -0.15) is 0 Å². The van der Waals surface area contributed by atoms with Gasteiger partial charge in [-0.05, 0) is 11.6 Å². The molecule has 0 unspecified atom stereocenters. The van der Waals surface area contributed by atoms with Crippen molar-refractivity contribution in [1.82, 2.24) is 0 Å². The first kappa shape index (κ1) is 12.1. The lowest BCUT2D eigenvalue weighted by molar-refractivity contribution is 0.112. The average Bonchev–Trinajstić information content (AvgIpc) is 2.30. The molecular weight excluding hydrogens is 262 g/mol. The highest BCUT2D eigenvalue weighted by Gasteiger charge is 2.16. The van der Waals surface area contributed by atoms with Crippen LogP contribution in [0.25, 0.3) is 11.1 Å². The van der Waals surface area contributed by atoms with Crippen molar-refractivity contribution in [2.75, 3.05) is 0 Å². The van der Waals surface area contributed by atoms with Crippen LogP contribution in [-0.2, 0) is 0 Å². The molecule has 0 saturated carbocycles. The van der Waals surface area contributed by atoms with Crippen LogP contribution in [0.1, 0.15) is 10.4 Å². The average molecular weight is 269 g/mol. The molecule has 0 atom stereocenters. The van der Waals surface area contributed by atoms with Gasteiger partial charge in [0.05, 0.1) is 15.6 Å². The lowest BCUT2D eigenvalue weighted by Crippen LogP contribution is -1.93. The van der Waals surface area contributed by atoms with Gasteiger partial charge < -0.3 is 0 Å². The molecule has 0 bridgehead atoms. The Labute approximate surface area is 108 Å². The van der Waals surface area contributed by atoms with Crippen LogP contribution in [0.2, 0.25) is 10.0 Å². The Morgan fingerprint density at radius 3 is 2.35 bits per heavy atom. The highest BCUT2D eigenvalue weighted by atomic mass is 35.5. The van der Waals surface area contributed by atoms with Crippen molar-refractivity contribution in [3.63, 3.8) is 0 Å². The highest BCUT2D eigenvalue weighted by molar-refractivity contribution is 6.40. The zero-order valence-corrected chi connectivity index (χ0v) is 10.1. The molecule has 4 heteroatoms. The molecular formula is C13H7Cl2FO. The highest BCUT2D eigenvalue weighted by Crippen LogP contribution is 2.36. The molecule has 1 nitrogen and oxygen atoms in total. The van der Waals surface area contributed by atoms with Crippen LogP contribution in [0.4, 0.5) is 4.39 Å². The van der Waals surface area contributed by atoms with Crippen LogP contribution >= 0.6 is 23.2 Å². The summed E-state index contributed by atoms with van der Waals surface area (Å²) in [4.78, 5) is 10.9. The molecule has 0 saturated heterocycles. The molecule has 0 spiro atoms. The largest absolute Gasteiger partial charge is 0.298 e. The van der Waals surface area contributed by atoms with E-state index in [1.165, 1.54) is 0 Å². The van der Waals surface area contributed by atoms with Gasteiger partial charge in [0.25, 0.3) is 0 Å². The van der Waals surface area contributed by atoms with Crippen molar-refractivity contribution >= 4 is 29.5 Å². The van der Waals surface area contributed by atoms with E-state index in [2.05, 4.69) is 0 Å². The van der Waals surface area contributed by atoms with Crippen LogP contribution < -0.4 is 0 Å². The third-order valence-electron chi connectivity index (χ3n) is 2.39. The number of carbonyl (C=O) groups excluding carboxylic acids is 1. The maximum atomic E-state index is 13.8. The summed E-state index contributed by atoms with van der Waals surface area (Å²) in [7, 11) is 0. The first-order chi connectivity index (χ1) is 8.15. The standard InChI is InChI=1S/C13H7Cl2FO/c14-10-6-11(16)12(13(15)9(10)7-17)8-4-2-1-3-5-8/h1-7H. The van der Waals surface area contributed by atoms with Gasteiger partial charge in [0.15, 0.2) is 6.29 Å². The van der Waals surface area contributed by atoms with Crippen LogP contribution in [0.5, 0.6) is 0 Å². The van der Waals surface area contributed by atoms with Gasteiger partial charge in [0.1, 0.15) is 5.82 Å². The first-order valence-corrected chi connectivity index (χ1v) is 5.59. The third-order valence-corrected chi connectivity index (χ3v) is 3.09. The van der Waals surface area contributed by atoms with E-state index in [-0.39, 0.29) is 21.2 Å². The molecule has 0 aliphatic rings. The monoisotopic (exact) mass is 268 g/mol. The summed E-state index contributed by atoms with van der Waals surface area (Å²) in [5.74, 6) is -0.545. The quantitative estimate of drug-likeness (QED) is 0.727. The van der Waals surface area contributed by atoms with Gasteiger partial charge in [-0.15, -0.1) is 0 Å². The van der Waals surface area contributed by atoms with Crippen molar-refractivity contribution < 1.29 is 9.18 Å². The fourth-order valence-corrected chi connectivity index (χ4v) is 2.21. The molecule has 86 valence electrons. The van der Waals surface area contributed by atoms with E-state index < -0.39 is 5.82 Å². The molecule has 0 amide bonds. The van der Waals surface area contributed by atoms with E-state index >= 15 is 0 Å². The van der Waals surface area contributed by atoms with Gasteiger partial charge in [0.2, 0.25) is 0 Å². The minimum absolute atomic E-state index is 0.0159. The minimum Gasteiger partial charge on any atom is -0.298 e. The predicted molar refractivity (Wildman–Crippen MR) is 67.2 cm³/mol. The molecule has 2 aromatic carbocycles. The van der Waals surface area contributed by atoms with E-state index in [1.54, 1.807) is 24.3 Å².